The van der Waals surface area contributed by atoms with Crippen LogP contribution in [-0.4, -0.2) is 25.7 Å². The molecule has 1 N–H and O–H groups in total. The predicted octanol–water partition coefficient (Wildman–Crippen LogP) is 3.62. The van der Waals surface area contributed by atoms with Crippen molar-refractivity contribution < 1.29 is 14.3 Å². The summed E-state index contributed by atoms with van der Waals surface area (Å²) >= 11 is 0. The summed E-state index contributed by atoms with van der Waals surface area (Å²) in [6, 6.07) is 7.93. The maximum atomic E-state index is 11.2. The first-order valence-corrected chi connectivity index (χ1v) is 7.39. The molecule has 0 heterocycles. The summed E-state index contributed by atoms with van der Waals surface area (Å²) in [5.41, 5.74) is 1.03. The lowest BCUT2D eigenvalue weighted by atomic mass is 10.2. The Morgan fingerprint density at radius 2 is 2.00 bits per heavy atom. The second-order valence-electron chi connectivity index (χ2n) is 4.53. The molecule has 0 aliphatic heterocycles. The summed E-state index contributed by atoms with van der Waals surface area (Å²) in [6.45, 7) is 5.95. The molecule has 4 nitrogen and oxygen atoms in total. The Kier molecular flexibility index (Phi) is 8.27. The van der Waals surface area contributed by atoms with Gasteiger partial charge in [-0.05, 0) is 38.3 Å². The Morgan fingerprint density at radius 1 is 1.20 bits per heavy atom. The lowest BCUT2D eigenvalue weighted by Gasteiger charge is -2.12. The van der Waals surface area contributed by atoms with Crippen LogP contribution in [0.1, 0.15) is 39.5 Å². The predicted molar refractivity (Wildman–Crippen MR) is 81.2 cm³/mol. The molecule has 4 heteroatoms. The average Bonchev–Trinajstić information content (AvgIpc) is 2.46. The van der Waals surface area contributed by atoms with Gasteiger partial charge in [0.2, 0.25) is 0 Å². The van der Waals surface area contributed by atoms with Gasteiger partial charge in [-0.1, -0.05) is 19.1 Å². The molecule has 0 radical (unpaired) electrons. The zero-order valence-electron chi connectivity index (χ0n) is 12.5. The quantitative estimate of drug-likeness (QED) is 0.525. The maximum absolute atomic E-state index is 11.2. The normalized spacial score (nSPS) is 10.1. The van der Waals surface area contributed by atoms with Crippen LogP contribution in [0.25, 0.3) is 0 Å². The Bertz CT molecular complexity index is 393. The van der Waals surface area contributed by atoms with E-state index < -0.39 is 0 Å². The second-order valence-corrected chi connectivity index (χ2v) is 4.53. The molecule has 1 rings (SSSR count). The molecule has 0 aliphatic rings. The van der Waals surface area contributed by atoms with E-state index in [0.29, 0.717) is 19.6 Å². The summed E-state index contributed by atoms with van der Waals surface area (Å²) in [4.78, 5) is 11.2. The van der Waals surface area contributed by atoms with Crippen molar-refractivity contribution in [1.82, 2.24) is 0 Å². The van der Waals surface area contributed by atoms with Crippen molar-refractivity contribution in [3.63, 3.8) is 0 Å². The van der Waals surface area contributed by atoms with Crippen LogP contribution in [0.2, 0.25) is 0 Å². The van der Waals surface area contributed by atoms with Gasteiger partial charge in [-0.15, -0.1) is 0 Å². The molecule has 0 bridgehead atoms. The summed E-state index contributed by atoms with van der Waals surface area (Å²) in [7, 11) is 0. The zero-order chi connectivity index (χ0) is 14.6. The van der Waals surface area contributed by atoms with Gasteiger partial charge in [0.1, 0.15) is 5.75 Å². The average molecular weight is 279 g/mol. The van der Waals surface area contributed by atoms with E-state index in [0.717, 1.165) is 37.2 Å². The SMILES string of the molecule is CCCNc1ccccc1OCCCCC(=O)OCC. The molecule has 0 spiro atoms. The number of nitrogens with one attached hydrogen (secondary N) is 1. The third-order valence-electron chi connectivity index (χ3n) is 2.79. The number of carbonyl (C=O) groups is 1. The molecule has 0 saturated carbocycles. The van der Waals surface area contributed by atoms with E-state index in [1.165, 1.54) is 0 Å². The van der Waals surface area contributed by atoms with E-state index in [9.17, 15) is 4.79 Å². The van der Waals surface area contributed by atoms with Gasteiger partial charge in [-0.25, -0.2) is 0 Å². The summed E-state index contributed by atoms with van der Waals surface area (Å²) < 4.78 is 10.6. The minimum Gasteiger partial charge on any atom is -0.491 e. The molecule has 1 aromatic carbocycles. The molecule has 0 amide bonds. The van der Waals surface area contributed by atoms with Crippen LogP contribution in [0.5, 0.6) is 5.75 Å². The Hall–Kier alpha value is -1.71. The van der Waals surface area contributed by atoms with Crippen LogP contribution >= 0.6 is 0 Å². The number of anilines is 1. The van der Waals surface area contributed by atoms with Gasteiger partial charge in [0, 0.05) is 13.0 Å². The topological polar surface area (TPSA) is 47.6 Å². The van der Waals surface area contributed by atoms with E-state index in [1.54, 1.807) is 0 Å². The third-order valence-corrected chi connectivity index (χ3v) is 2.79. The minimum absolute atomic E-state index is 0.127. The highest BCUT2D eigenvalue weighted by Gasteiger charge is 2.03. The molecule has 0 fully saturated rings. The molecule has 0 aliphatic carbocycles. The van der Waals surface area contributed by atoms with Crippen molar-refractivity contribution >= 4 is 11.7 Å². The number of hydrogen-bond acceptors (Lipinski definition) is 4. The number of benzene rings is 1. The molecule has 0 unspecified atom stereocenters. The number of hydrogen-bond donors (Lipinski definition) is 1. The van der Waals surface area contributed by atoms with Gasteiger partial charge in [0.25, 0.3) is 0 Å². The lowest BCUT2D eigenvalue weighted by molar-refractivity contribution is -0.143. The van der Waals surface area contributed by atoms with Crippen molar-refractivity contribution in [3.8, 4) is 5.75 Å². The maximum Gasteiger partial charge on any atom is 0.305 e. The fraction of sp³-hybridized carbons (Fsp3) is 0.562. The largest absolute Gasteiger partial charge is 0.491 e. The van der Waals surface area contributed by atoms with Crippen molar-refractivity contribution in [2.45, 2.75) is 39.5 Å². The molecule has 0 aromatic heterocycles. The Balaban J connectivity index is 2.26. The number of carbonyl (C=O) groups excluding carboxylic acids is 1. The molecular weight excluding hydrogens is 254 g/mol. The van der Waals surface area contributed by atoms with Crippen molar-refractivity contribution in [2.24, 2.45) is 0 Å². The first-order valence-electron chi connectivity index (χ1n) is 7.39. The van der Waals surface area contributed by atoms with Gasteiger partial charge in [-0.3, -0.25) is 4.79 Å². The smallest absolute Gasteiger partial charge is 0.305 e. The van der Waals surface area contributed by atoms with Gasteiger partial charge in [-0.2, -0.15) is 0 Å². The number of ether oxygens (including phenoxy) is 2. The molecule has 0 saturated heterocycles. The molecule has 1 aromatic rings. The second kappa shape index (κ2) is 10.1. The molecule has 112 valence electrons. The van der Waals surface area contributed by atoms with Gasteiger partial charge < -0.3 is 14.8 Å². The summed E-state index contributed by atoms with van der Waals surface area (Å²) in [5, 5.41) is 3.34. The summed E-state index contributed by atoms with van der Waals surface area (Å²) in [5.74, 6) is 0.745. The van der Waals surface area contributed by atoms with Gasteiger partial charge >= 0.3 is 5.97 Å². The zero-order valence-corrected chi connectivity index (χ0v) is 12.5. The molecular formula is C16H25NO3. The van der Waals surface area contributed by atoms with Crippen molar-refractivity contribution in [2.75, 3.05) is 25.1 Å². The monoisotopic (exact) mass is 279 g/mol. The van der Waals surface area contributed by atoms with E-state index in [-0.39, 0.29) is 5.97 Å². The fourth-order valence-corrected chi connectivity index (χ4v) is 1.78. The van der Waals surface area contributed by atoms with Crippen LogP contribution in [-0.2, 0) is 9.53 Å². The third kappa shape index (κ3) is 6.45. The standard InChI is InChI=1S/C16H25NO3/c1-3-12-17-14-9-5-6-10-15(14)20-13-8-7-11-16(18)19-4-2/h5-6,9-10,17H,3-4,7-8,11-13H2,1-2H3. The van der Waals surface area contributed by atoms with E-state index >= 15 is 0 Å². The van der Waals surface area contributed by atoms with Crippen LogP contribution in [0.3, 0.4) is 0 Å². The first kappa shape index (κ1) is 16.3. The Morgan fingerprint density at radius 3 is 2.75 bits per heavy atom. The number of esters is 1. The minimum atomic E-state index is -0.127. The van der Waals surface area contributed by atoms with Crippen LogP contribution in [0.15, 0.2) is 24.3 Å². The van der Waals surface area contributed by atoms with Crippen LogP contribution in [0, 0.1) is 0 Å². The summed E-state index contributed by atoms with van der Waals surface area (Å²) in [6.07, 6.45) is 3.19. The molecule has 0 atom stereocenters. The van der Waals surface area contributed by atoms with E-state index in [2.05, 4.69) is 12.2 Å². The number of para-hydroxylation sites is 2. The highest BCUT2D eigenvalue weighted by molar-refractivity contribution is 5.69. The van der Waals surface area contributed by atoms with E-state index in [4.69, 9.17) is 9.47 Å². The molecule has 20 heavy (non-hydrogen) atoms. The number of unbranched alkanes of at least 4 members (excludes halogenated alkanes) is 1. The van der Waals surface area contributed by atoms with Crippen molar-refractivity contribution in [3.05, 3.63) is 24.3 Å². The Labute approximate surface area is 121 Å². The van der Waals surface area contributed by atoms with Crippen molar-refractivity contribution in [1.29, 1.82) is 0 Å². The van der Waals surface area contributed by atoms with Gasteiger partial charge in [0.05, 0.1) is 18.9 Å². The lowest BCUT2D eigenvalue weighted by Crippen LogP contribution is -2.06. The highest BCUT2D eigenvalue weighted by Crippen LogP contribution is 2.23. The van der Waals surface area contributed by atoms with Gasteiger partial charge in [0.15, 0.2) is 0 Å². The van der Waals surface area contributed by atoms with Crippen LogP contribution < -0.4 is 10.1 Å². The van der Waals surface area contributed by atoms with Crippen LogP contribution in [0.4, 0.5) is 5.69 Å². The van der Waals surface area contributed by atoms with E-state index in [1.807, 2.05) is 31.2 Å². The number of rotatable bonds is 10. The fourth-order valence-electron chi connectivity index (χ4n) is 1.78. The first-order chi connectivity index (χ1) is 9.77. The highest BCUT2D eigenvalue weighted by atomic mass is 16.5.